The molecule has 0 aliphatic carbocycles. The number of halogens is 1. The van der Waals surface area contributed by atoms with Gasteiger partial charge in [-0.2, -0.15) is 0 Å². The van der Waals surface area contributed by atoms with E-state index in [0.717, 1.165) is 12.1 Å². The van der Waals surface area contributed by atoms with Crippen LogP contribution in [0.5, 0.6) is 5.75 Å². The monoisotopic (exact) mass is 185 g/mol. The lowest BCUT2D eigenvalue weighted by Crippen LogP contribution is -2.02. The van der Waals surface area contributed by atoms with E-state index in [0.29, 0.717) is 0 Å². The van der Waals surface area contributed by atoms with Crippen LogP contribution in [0.2, 0.25) is 0 Å². The molecule has 5 heteroatoms. The molecule has 0 aromatic heterocycles. The predicted octanol–water partition coefficient (Wildman–Crippen LogP) is 1.11. The Bertz CT molecular complexity index is 351. The van der Waals surface area contributed by atoms with Crippen molar-refractivity contribution in [2.75, 3.05) is 12.8 Å². The van der Waals surface area contributed by atoms with Gasteiger partial charge in [-0.05, 0) is 12.1 Å². The molecule has 0 fully saturated rings. The van der Waals surface area contributed by atoms with Crippen LogP contribution >= 0.6 is 0 Å². The van der Waals surface area contributed by atoms with Crippen LogP contribution in [-0.4, -0.2) is 18.2 Å². The molecule has 3 N–H and O–H groups in total. The summed E-state index contributed by atoms with van der Waals surface area (Å²) in [5.74, 6) is -2.09. The van der Waals surface area contributed by atoms with Crippen LogP contribution in [0.3, 0.4) is 0 Å². The summed E-state index contributed by atoms with van der Waals surface area (Å²) in [5, 5.41) is 8.59. The highest BCUT2D eigenvalue weighted by molar-refractivity contribution is 5.89. The number of carboxylic acid groups (broad SMARTS) is 1. The molecule has 0 bridgehead atoms. The topological polar surface area (TPSA) is 72.5 Å². The highest BCUT2D eigenvalue weighted by Crippen LogP contribution is 2.24. The normalized spacial score (nSPS) is 9.69. The number of aromatic carboxylic acids is 1. The second-order valence-corrected chi connectivity index (χ2v) is 2.39. The van der Waals surface area contributed by atoms with Crippen LogP contribution in [0.1, 0.15) is 10.4 Å². The van der Waals surface area contributed by atoms with Gasteiger partial charge in [0.2, 0.25) is 0 Å². The van der Waals surface area contributed by atoms with E-state index in [4.69, 9.17) is 10.8 Å². The molecule has 0 aliphatic heterocycles. The molecule has 13 heavy (non-hydrogen) atoms. The van der Waals surface area contributed by atoms with E-state index in [1.165, 1.54) is 7.11 Å². The molecular formula is C8H8FNO3. The second kappa shape index (κ2) is 3.30. The van der Waals surface area contributed by atoms with E-state index in [2.05, 4.69) is 4.74 Å². The van der Waals surface area contributed by atoms with Crippen molar-refractivity contribution < 1.29 is 19.0 Å². The van der Waals surface area contributed by atoms with Gasteiger partial charge in [-0.1, -0.05) is 0 Å². The van der Waals surface area contributed by atoms with Crippen molar-refractivity contribution in [3.8, 4) is 5.75 Å². The lowest BCUT2D eigenvalue weighted by Gasteiger charge is -2.05. The number of anilines is 1. The molecule has 0 atom stereocenters. The molecule has 0 radical (unpaired) electrons. The quantitative estimate of drug-likeness (QED) is 0.677. The first-order chi connectivity index (χ1) is 6.06. The Kier molecular flexibility index (Phi) is 2.36. The smallest absolute Gasteiger partial charge is 0.335 e. The molecule has 1 rings (SSSR count). The number of rotatable bonds is 2. The molecule has 0 spiro atoms. The van der Waals surface area contributed by atoms with Crippen LogP contribution in [0.25, 0.3) is 0 Å². The van der Waals surface area contributed by atoms with Crippen LogP contribution < -0.4 is 10.5 Å². The molecule has 0 saturated carbocycles. The number of methoxy groups -OCH3 is 1. The van der Waals surface area contributed by atoms with Gasteiger partial charge in [-0.3, -0.25) is 0 Å². The van der Waals surface area contributed by atoms with Crippen molar-refractivity contribution >= 4 is 11.7 Å². The first kappa shape index (κ1) is 9.31. The maximum atomic E-state index is 13.0. The minimum absolute atomic E-state index is 0.101. The highest BCUT2D eigenvalue weighted by atomic mass is 19.1. The molecule has 0 amide bonds. The predicted molar refractivity (Wildman–Crippen MR) is 44.3 cm³/mol. The number of hydrogen-bond acceptors (Lipinski definition) is 3. The molecule has 4 nitrogen and oxygen atoms in total. The summed E-state index contributed by atoms with van der Waals surface area (Å²) >= 11 is 0. The maximum absolute atomic E-state index is 13.0. The van der Waals surface area contributed by atoms with E-state index < -0.39 is 11.8 Å². The number of carboxylic acids is 1. The van der Waals surface area contributed by atoms with Gasteiger partial charge >= 0.3 is 5.97 Å². The molecule has 0 unspecified atom stereocenters. The minimum atomic E-state index is -1.18. The van der Waals surface area contributed by atoms with Gasteiger partial charge in [-0.15, -0.1) is 0 Å². The lowest BCUT2D eigenvalue weighted by atomic mass is 10.2. The second-order valence-electron chi connectivity index (χ2n) is 2.39. The zero-order chi connectivity index (χ0) is 10.0. The van der Waals surface area contributed by atoms with E-state index in [1.54, 1.807) is 0 Å². The highest BCUT2D eigenvalue weighted by Gasteiger charge is 2.12. The van der Waals surface area contributed by atoms with Crippen molar-refractivity contribution in [3.05, 3.63) is 23.5 Å². The fourth-order valence-electron chi connectivity index (χ4n) is 0.891. The van der Waals surface area contributed by atoms with Crippen LogP contribution in [0, 0.1) is 5.82 Å². The Morgan fingerprint density at radius 1 is 1.62 bits per heavy atom. The summed E-state index contributed by atoms with van der Waals surface area (Å²) in [6.45, 7) is 0. The van der Waals surface area contributed by atoms with Crippen molar-refractivity contribution in [1.82, 2.24) is 0 Å². The van der Waals surface area contributed by atoms with Crippen molar-refractivity contribution in [3.63, 3.8) is 0 Å². The van der Waals surface area contributed by atoms with Crippen molar-refractivity contribution in [2.45, 2.75) is 0 Å². The summed E-state index contributed by atoms with van der Waals surface area (Å²) in [7, 11) is 1.24. The zero-order valence-electron chi connectivity index (χ0n) is 6.87. The fraction of sp³-hybridized carbons (Fsp3) is 0.125. The average molecular weight is 185 g/mol. The molecule has 70 valence electrons. The van der Waals surface area contributed by atoms with Gasteiger partial charge < -0.3 is 15.6 Å². The number of nitrogens with two attached hydrogens (primary N) is 1. The number of ether oxygens (including phenoxy) is 1. The van der Waals surface area contributed by atoms with E-state index in [-0.39, 0.29) is 17.0 Å². The van der Waals surface area contributed by atoms with E-state index >= 15 is 0 Å². The Balaban J connectivity index is 3.30. The zero-order valence-corrected chi connectivity index (χ0v) is 6.87. The van der Waals surface area contributed by atoms with Gasteiger partial charge in [0, 0.05) is 0 Å². The summed E-state index contributed by atoms with van der Waals surface area (Å²) < 4.78 is 17.6. The first-order valence-electron chi connectivity index (χ1n) is 3.42. The first-order valence-corrected chi connectivity index (χ1v) is 3.42. The average Bonchev–Trinajstić information content (AvgIpc) is 2.09. The third-order valence-electron chi connectivity index (χ3n) is 1.53. The molecular weight excluding hydrogens is 177 g/mol. The molecule has 1 aromatic rings. The Morgan fingerprint density at radius 2 is 2.23 bits per heavy atom. The van der Waals surface area contributed by atoms with Gasteiger partial charge in [0.05, 0.1) is 18.4 Å². The number of carbonyl (C=O) groups is 1. The lowest BCUT2D eigenvalue weighted by molar-refractivity contribution is 0.0696. The van der Waals surface area contributed by atoms with Gasteiger partial charge in [0.25, 0.3) is 0 Å². The van der Waals surface area contributed by atoms with Crippen LogP contribution in [0.4, 0.5) is 10.1 Å². The third-order valence-corrected chi connectivity index (χ3v) is 1.53. The largest absolute Gasteiger partial charge is 0.494 e. The molecule has 1 aromatic carbocycles. The van der Waals surface area contributed by atoms with Gasteiger partial charge in [-0.25, -0.2) is 9.18 Å². The molecule has 0 aliphatic rings. The maximum Gasteiger partial charge on any atom is 0.335 e. The van der Waals surface area contributed by atoms with Crippen LogP contribution in [-0.2, 0) is 0 Å². The Morgan fingerprint density at radius 3 is 2.69 bits per heavy atom. The van der Waals surface area contributed by atoms with E-state index in [9.17, 15) is 9.18 Å². The van der Waals surface area contributed by atoms with E-state index in [1.807, 2.05) is 0 Å². The van der Waals surface area contributed by atoms with Gasteiger partial charge in [0.1, 0.15) is 0 Å². The number of nitrogen functional groups attached to an aromatic ring is 1. The minimum Gasteiger partial charge on any atom is -0.494 e. The van der Waals surface area contributed by atoms with Crippen molar-refractivity contribution in [1.29, 1.82) is 0 Å². The third kappa shape index (κ3) is 1.69. The fourth-order valence-corrected chi connectivity index (χ4v) is 0.891. The van der Waals surface area contributed by atoms with Crippen molar-refractivity contribution in [2.24, 2.45) is 0 Å². The Hall–Kier alpha value is -1.78. The number of hydrogen-bond donors (Lipinski definition) is 2. The Labute approximate surface area is 73.7 Å². The summed E-state index contributed by atoms with van der Waals surface area (Å²) in [4.78, 5) is 10.5. The summed E-state index contributed by atoms with van der Waals surface area (Å²) in [5.41, 5.74) is 4.88. The molecule has 0 saturated heterocycles. The number of benzene rings is 1. The van der Waals surface area contributed by atoms with Crippen LogP contribution in [0.15, 0.2) is 12.1 Å². The molecule has 0 heterocycles. The van der Waals surface area contributed by atoms with Gasteiger partial charge in [0.15, 0.2) is 11.6 Å². The SMILES string of the molecule is COc1cc(C(=O)O)cc(N)c1F. The standard InChI is InChI=1S/C8H8FNO3/c1-13-6-3-4(8(11)12)2-5(10)7(6)9/h2-3H,10H2,1H3,(H,11,12). The summed E-state index contributed by atoms with van der Waals surface area (Å²) in [6, 6.07) is 2.12. The summed E-state index contributed by atoms with van der Waals surface area (Å²) in [6.07, 6.45) is 0.